The molecule has 0 amide bonds. The van der Waals surface area contributed by atoms with Crippen LogP contribution >= 0.6 is 0 Å². The van der Waals surface area contributed by atoms with Gasteiger partial charge >= 0.3 is 0 Å². The Morgan fingerprint density at radius 3 is 2.31 bits per heavy atom. The van der Waals surface area contributed by atoms with Gasteiger partial charge in [-0.1, -0.05) is 0 Å². The van der Waals surface area contributed by atoms with E-state index in [-0.39, 0.29) is 22.5 Å². The third kappa shape index (κ3) is 1.74. The quantitative estimate of drug-likeness (QED) is 0.792. The van der Waals surface area contributed by atoms with Crippen LogP contribution in [0.3, 0.4) is 0 Å². The monoisotopic (exact) mass is 190 g/mol. The van der Waals surface area contributed by atoms with E-state index < -0.39 is 20.0 Å². The molecule has 13 heavy (non-hydrogen) atoms. The first-order chi connectivity index (χ1) is 6.24. The Morgan fingerprint density at radius 2 is 1.85 bits per heavy atom. The zero-order valence-electron chi connectivity index (χ0n) is 6.86. The molecule has 0 aliphatic rings. The normalized spacial score (nSPS) is 10.4. The van der Waals surface area contributed by atoms with Gasteiger partial charge in [0.1, 0.15) is 20.0 Å². The molecule has 0 aliphatic carbocycles. The number of hydrogen-bond donors (Lipinski definition) is 1. The Morgan fingerprint density at radius 1 is 1.15 bits per heavy atom. The van der Waals surface area contributed by atoms with E-state index in [9.17, 15) is 13.2 Å². The van der Waals surface area contributed by atoms with Crippen LogP contribution in [0.5, 0.6) is 0 Å². The number of rotatable bonds is 3. The smallest absolute Gasteiger partial charge is 0.132 e. The number of halogens is 3. The lowest BCUT2D eigenvalue weighted by Crippen LogP contribution is -2.04. The summed E-state index contributed by atoms with van der Waals surface area (Å²) in [6.45, 7) is -2.64. The van der Waals surface area contributed by atoms with Crippen molar-refractivity contribution in [1.82, 2.24) is 4.98 Å². The molecule has 1 rings (SSSR count). The second-order valence-electron chi connectivity index (χ2n) is 2.52. The molecule has 1 aromatic heterocycles. The molecule has 0 atom stereocenters. The Bertz CT molecular complexity index is 302. The lowest BCUT2D eigenvalue weighted by Gasteiger charge is -2.08. The summed E-state index contributed by atoms with van der Waals surface area (Å²) >= 11 is 0. The van der Waals surface area contributed by atoms with E-state index in [1.165, 1.54) is 0 Å². The Balaban J connectivity index is 3.23. The molecule has 0 spiro atoms. The SMILES string of the molecule is Nc1c(CF)cnc(CF)c1CF. The van der Waals surface area contributed by atoms with Gasteiger partial charge < -0.3 is 5.73 Å². The molecule has 5 heteroatoms. The van der Waals surface area contributed by atoms with Gasteiger partial charge in [0.05, 0.1) is 5.69 Å². The summed E-state index contributed by atoms with van der Waals surface area (Å²) in [6, 6.07) is 0. The largest absolute Gasteiger partial charge is 0.398 e. The molecular weight excluding hydrogens is 181 g/mol. The van der Waals surface area contributed by atoms with Crippen LogP contribution in [0.15, 0.2) is 6.20 Å². The van der Waals surface area contributed by atoms with Crippen molar-refractivity contribution in [2.45, 2.75) is 20.0 Å². The summed E-state index contributed by atoms with van der Waals surface area (Å²) in [5.41, 5.74) is 5.36. The molecule has 1 aromatic rings. The molecule has 0 bridgehead atoms. The predicted octanol–water partition coefficient (Wildman–Crippen LogP) is 2.07. The van der Waals surface area contributed by atoms with Crippen LogP contribution in [-0.2, 0) is 20.0 Å². The van der Waals surface area contributed by atoms with Crippen molar-refractivity contribution in [1.29, 1.82) is 0 Å². The second-order valence-corrected chi connectivity index (χ2v) is 2.52. The standard InChI is InChI=1S/C8H9F3N2/c9-1-5-4-13-7(3-11)6(2-10)8(5)12/h4H,1-3H2,(H2,12,13). The zero-order chi connectivity index (χ0) is 9.84. The maximum absolute atomic E-state index is 12.3. The van der Waals surface area contributed by atoms with Gasteiger partial charge in [0.2, 0.25) is 0 Å². The lowest BCUT2D eigenvalue weighted by atomic mass is 10.1. The van der Waals surface area contributed by atoms with Gasteiger partial charge in [-0.15, -0.1) is 0 Å². The first-order valence-corrected chi connectivity index (χ1v) is 3.67. The molecule has 2 nitrogen and oxygen atoms in total. The summed E-state index contributed by atoms with van der Waals surface area (Å²) in [7, 11) is 0. The van der Waals surface area contributed by atoms with Gasteiger partial charge in [0.25, 0.3) is 0 Å². The number of pyridine rings is 1. The predicted molar refractivity (Wildman–Crippen MR) is 43.1 cm³/mol. The molecule has 1 heterocycles. The highest BCUT2D eigenvalue weighted by molar-refractivity contribution is 5.54. The van der Waals surface area contributed by atoms with Crippen molar-refractivity contribution in [2.24, 2.45) is 0 Å². The van der Waals surface area contributed by atoms with Gasteiger partial charge in [-0.05, 0) is 0 Å². The lowest BCUT2D eigenvalue weighted by molar-refractivity contribution is 0.443. The highest BCUT2D eigenvalue weighted by atomic mass is 19.1. The van der Waals surface area contributed by atoms with Crippen LogP contribution in [0.1, 0.15) is 16.8 Å². The van der Waals surface area contributed by atoms with Gasteiger partial charge in [-0.2, -0.15) is 0 Å². The average Bonchev–Trinajstić information content (AvgIpc) is 2.17. The number of aromatic nitrogens is 1. The second kappa shape index (κ2) is 4.11. The van der Waals surface area contributed by atoms with Crippen LogP contribution in [0, 0.1) is 0 Å². The van der Waals surface area contributed by atoms with E-state index in [2.05, 4.69) is 4.98 Å². The fraction of sp³-hybridized carbons (Fsp3) is 0.375. The van der Waals surface area contributed by atoms with Crippen LogP contribution in [0.2, 0.25) is 0 Å². The number of alkyl halides is 3. The highest BCUT2D eigenvalue weighted by Crippen LogP contribution is 2.22. The van der Waals surface area contributed by atoms with Crippen LogP contribution in [-0.4, -0.2) is 4.98 Å². The van der Waals surface area contributed by atoms with E-state index in [0.717, 1.165) is 6.20 Å². The van der Waals surface area contributed by atoms with Gasteiger partial charge in [-0.3, -0.25) is 4.98 Å². The maximum Gasteiger partial charge on any atom is 0.132 e. The Hall–Kier alpha value is -1.26. The van der Waals surface area contributed by atoms with Crippen molar-refractivity contribution in [3.63, 3.8) is 0 Å². The average molecular weight is 190 g/mol. The number of anilines is 1. The minimum absolute atomic E-state index is 0.0346. The summed E-state index contributed by atoms with van der Waals surface area (Å²) in [5.74, 6) is 0. The molecule has 2 N–H and O–H groups in total. The van der Waals surface area contributed by atoms with Crippen molar-refractivity contribution in [3.8, 4) is 0 Å². The van der Waals surface area contributed by atoms with Crippen molar-refractivity contribution in [2.75, 3.05) is 5.73 Å². The van der Waals surface area contributed by atoms with Crippen molar-refractivity contribution in [3.05, 3.63) is 23.0 Å². The van der Waals surface area contributed by atoms with Crippen LogP contribution < -0.4 is 5.73 Å². The van der Waals surface area contributed by atoms with Crippen LogP contribution in [0.4, 0.5) is 18.9 Å². The zero-order valence-corrected chi connectivity index (χ0v) is 6.86. The van der Waals surface area contributed by atoms with E-state index in [4.69, 9.17) is 5.73 Å². The highest BCUT2D eigenvalue weighted by Gasteiger charge is 2.11. The summed E-state index contributed by atoms with van der Waals surface area (Å²) in [5, 5.41) is 0. The third-order valence-corrected chi connectivity index (χ3v) is 1.80. The summed E-state index contributed by atoms with van der Waals surface area (Å²) in [6.07, 6.45) is 1.13. The number of hydrogen-bond acceptors (Lipinski definition) is 2. The Kier molecular flexibility index (Phi) is 3.11. The number of nitrogens with two attached hydrogens (primary N) is 1. The molecule has 0 saturated carbocycles. The molecule has 72 valence electrons. The fourth-order valence-corrected chi connectivity index (χ4v) is 1.02. The van der Waals surface area contributed by atoms with E-state index >= 15 is 0 Å². The fourth-order valence-electron chi connectivity index (χ4n) is 1.02. The first kappa shape index (κ1) is 9.83. The van der Waals surface area contributed by atoms with E-state index in [1.807, 2.05) is 0 Å². The van der Waals surface area contributed by atoms with Gasteiger partial charge in [-0.25, -0.2) is 13.2 Å². The molecule has 0 fully saturated rings. The minimum Gasteiger partial charge on any atom is -0.398 e. The van der Waals surface area contributed by atoms with Crippen molar-refractivity contribution < 1.29 is 13.2 Å². The van der Waals surface area contributed by atoms with E-state index in [1.54, 1.807) is 0 Å². The molecular formula is C8H9F3N2. The number of nitrogen functional groups attached to an aromatic ring is 1. The molecule has 0 aliphatic heterocycles. The van der Waals surface area contributed by atoms with Gasteiger partial charge in [0.15, 0.2) is 0 Å². The summed E-state index contributed by atoms with van der Waals surface area (Å²) < 4.78 is 36.8. The molecule has 0 saturated heterocycles. The molecule has 0 unspecified atom stereocenters. The van der Waals surface area contributed by atoms with Gasteiger partial charge in [0, 0.05) is 23.0 Å². The first-order valence-electron chi connectivity index (χ1n) is 3.67. The third-order valence-electron chi connectivity index (χ3n) is 1.80. The summed E-state index contributed by atoms with van der Waals surface area (Å²) in [4.78, 5) is 3.56. The number of nitrogens with zero attached hydrogens (tertiary/aromatic N) is 1. The van der Waals surface area contributed by atoms with E-state index in [0.29, 0.717) is 0 Å². The minimum atomic E-state index is -0.925. The van der Waals surface area contributed by atoms with Crippen LogP contribution in [0.25, 0.3) is 0 Å². The Labute approximate surface area is 73.6 Å². The van der Waals surface area contributed by atoms with Crippen molar-refractivity contribution >= 4 is 5.69 Å². The topological polar surface area (TPSA) is 38.9 Å². The molecule has 0 radical (unpaired) electrons. The molecule has 0 aromatic carbocycles. The maximum atomic E-state index is 12.3.